The highest BCUT2D eigenvalue weighted by Gasteiger charge is 2.38. The van der Waals surface area contributed by atoms with Gasteiger partial charge in [-0.25, -0.2) is 0 Å². The molecule has 2 aromatic heterocycles. The van der Waals surface area contributed by atoms with Gasteiger partial charge in [-0.1, -0.05) is 12.1 Å². The van der Waals surface area contributed by atoms with Crippen molar-refractivity contribution in [3.05, 3.63) is 22.9 Å². The van der Waals surface area contributed by atoms with Gasteiger partial charge in [-0.05, 0) is 19.1 Å². The van der Waals surface area contributed by atoms with Gasteiger partial charge in [0.25, 0.3) is 5.91 Å². The molecule has 0 aliphatic heterocycles. The maximum absolute atomic E-state index is 12.5. The van der Waals surface area contributed by atoms with Crippen LogP contribution in [0.25, 0.3) is 10.7 Å². The lowest BCUT2D eigenvalue weighted by Gasteiger charge is -2.18. The van der Waals surface area contributed by atoms with Crippen LogP contribution in [0.15, 0.2) is 16.7 Å². The number of Topliss-reactive ketones (excluding diaryl/α,β-unsaturated/α-hetero) is 1. The second-order valence-corrected chi connectivity index (χ2v) is 5.95. The highest BCUT2D eigenvalue weighted by molar-refractivity contribution is 7.15. The molecule has 130 valence electrons. The second-order valence-electron chi connectivity index (χ2n) is 4.78. The van der Waals surface area contributed by atoms with Crippen molar-refractivity contribution < 1.29 is 27.3 Å². The van der Waals surface area contributed by atoms with E-state index in [1.54, 1.807) is 26.0 Å². The lowest BCUT2D eigenvalue weighted by molar-refractivity contribution is -0.159. The number of nitrogens with zero attached hydrogens (tertiary/aromatic N) is 3. The number of ketones is 1. The lowest BCUT2D eigenvalue weighted by Crippen LogP contribution is -2.35. The monoisotopic (exact) mass is 361 g/mol. The molecule has 0 bridgehead atoms. The normalized spacial score (nSPS) is 11.5. The Morgan fingerprint density at radius 2 is 2.00 bits per heavy atom. The first-order valence-electron chi connectivity index (χ1n) is 7.08. The summed E-state index contributed by atoms with van der Waals surface area (Å²) in [5.74, 6) is -2.64. The molecule has 0 radical (unpaired) electrons. The number of aromatic nitrogens is 2. The Morgan fingerprint density at radius 1 is 1.29 bits per heavy atom. The van der Waals surface area contributed by atoms with Crippen LogP contribution >= 0.6 is 11.3 Å². The molecule has 0 N–H and O–H groups in total. The number of rotatable bonds is 6. The zero-order valence-electron chi connectivity index (χ0n) is 12.9. The quantitative estimate of drug-likeness (QED) is 0.739. The van der Waals surface area contributed by atoms with Crippen LogP contribution < -0.4 is 0 Å². The van der Waals surface area contributed by atoms with Gasteiger partial charge >= 0.3 is 12.1 Å². The van der Waals surface area contributed by atoms with E-state index in [4.69, 9.17) is 0 Å². The number of thiophene rings is 1. The summed E-state index contributed by atoms with van der Waals surface area (Å²) in [6.45, 7) is 3.88. The van der Waals surface area contributed by atoms with Crippen LogP contribution in [0.3, 0.4) is 0 Å². The van der Waals surface area contributed by atoms with Gasteiger partial charge in [0.15, 0.2) is 0 Å². The summed E-state index contributed by atoms with van der Waals surface area (Å²) in [6.07, 6.45) is -4.58. The molecule has 0 spiro atoms. The first-order chi connectivity index (χ1) is 11.3. The third kappa shape index (κ3) is 3.99. The number of carbonyl (C=O) groups excluding carboxylic acids is 2. The van der Waals surface area contributed by atoms with Crippen molar-refractivity contribution in [3.8, 4) is 10.7 Å². The molecule has 0 fully saturated rings. The zero-order valence-corrected chi connectivity index (χ0v) is 13.7. The van der Waals surface area contributed by atoms with E-state index in [1.807, 2.05) is 0 Å². The summed E-state index contributed by atoms with van der Waals surface area (Å²) in [5.41, 5.74) is 0. The number of hydrogen-bond donors (Lipinski definition) is 0. The minimum Gasteiger partial charge on any atom is -0.331 e. The predicted octanol–water partition coefficient (Wildman–Crippen LogP) is 3.14. The van der Waals surface area contributed by atoms with E-state index in [0.717, 1.165) is 11.3 Å². The molecule has 2 aromatic rings. The number of alkyl halides is 3. The Kier molecular flexibility index (Phi) is 5.37. The fraction of sp³-hybridized carbons (Fsp3) is 0.429. The molecule has 6 nitrogen and oxygen atoms in total. The Morgan fingerprint density at radius 3 is 2.54 bits per heavy atom. The molecule has 2 heterocycles. The van der Waals surface area contributed by atoms with Crippen molar-refractivity contribution in [2.45, 2.75) is 33.0 Å². The molecular formula is C14H14F3N3O3S. The van der Waals surface area contributed by atoms with E-state index >= 15 is 0 Å². The van der Waals surface area contributed by atoms with Gasteiger partial charge in [-0.3, -0.25) is 9.59 Å². The van der Waals surface area contributed by atoms with E-state index in [-0.39, 0.29) is 18.8 Å². The summed E-state index contributed by atoms with van der Waals surface area (Å²) in [6, 6.07) is 3.20. The molecule has 0 saturated carbocycles. The topological polar surface area (TPSA) is 76.3 Å². The minimum absolute atomic E-state index is 0.119. The van der Waals surface area contributed by atoms with E-state index in [2.05, 4.69) is 14.7 Å². The third-order valence-corrected chi connectivity index (χ3v) is 4.19. The van der Waals surface area contributed by atoms with E-state index in [9.17, 15) is 22.8 Å². The average Bonchev–Trinajstić information content (AvgIpc) is 3.19. The molecule has 2 rings (SSSR count). The fourth-order valence-corrected chi connectivity index (χ4v) is 2.81. The number of hydrogen-bond acceptors (Lipinski definition) is 6. The maximum atomic E-state index is 12.5. The standard InChI is InChI=1S/C14H14F3N3O3S/c1-3-9(21)12(22)20(4-2)7-8-5-6-10(24-8)11-18-13(23-19-11)14(15,16)17/h5-6H,3-4,7H2,1-2H3. The molecule has 0 atom stereocenters. The second kappa shape index (κ2) is 7.12. The Balaban J connectivity index is 2.14. The summed E-state index contributed by atoms with van der Waals surface area (Å²) in [7, 11) is 0. The van der Waals surface area contributed by atoms with Crippen LogP contribution in [0.4, 0.5) is 13.2 Å². The highest BCUT2D eigenvalue weighted by atomic mass is 32.1. The maximum Gasteiger partial charge on any atom is 0.471 e. The van der Waals surface area contributed by atoms with Crippen LogP contribution in [-0.2, 0) is 22.3 Å². The van der Waals surface area contributed by atoms with Crippen LogP contribution in [0, 0.1) is 0 Å². The van der Waals surface area contributed by atoms with Crippen molar-refractivity contribution in [2.24, 2.45) is 0 Å². The average molecular weight is 361 g/mol. The van der Waals surface area contributed by atoms with Crippen LogP contribution in [0.2, 0.25) is 0 Å². The summed E-state index contributed by atoms with van der Waals surface area (Å²) < 4.78 is 41.6. The van der Waals surface area contributed by atoms with Gasteiger partial charge in [0.05, 0.1) is 11.4 Å². The van der Waals surface area contributed by atoms with Gasteiger partial charge in [-0.15, -0.1) is 11.3 Å². The molecular weight excluding hydrogens is 347 g/mol. The largest absolute Gasteiger partial charge is 0.471 e. The van der Waals surface area contributed by atoms with Gasteiger partial charge in [0.2, 0.25) is 11.6 Å². The first kappa shape index (κ1) is 18.1. The predicted molar refractivity (Wildman–Crippen MR) is 79.0 cm³/mol. The minimum atomic E-state index is -4.70. The lowest BCUT2D eigenvalue weighted by atomic mass is 10.2. The molecule has 1 amide bonds. The fourth-order valence-electron chi connectivity index (χ4n) is 1.86. The van der Waals surface area contributed by atoms with Crippen molar-refractivity contribution in [1.29, 1.82) is 0 Å². The molecule has 10 heteroatoms. The van der Waals surface area contributed by atoms with Crippen molar-refractivity contribution in [3.63, 3.8) is 0 Å². The van der Waals surface area contributed by atoms with E-state index < -0.39 is 23.8 Å². The van der Waals surface area contributed by atoms with Crippen LogP contribution in [0.1, 0.15) is 31.0 Å². The van der Waals surface area contributed by atoms with Crippen LogP contribution in [-0.4, -0.2) is 33.3 Å². The summed E-state index contributed by atoms with van der Waals surface area (Å²) in [5, 5.41) is 3.31. The Hall–Kier alpha value is -2.23. The van der Waals surface area contributed by atoms with Crippen molar-refractivity contribution in [1.82, 2.24) is 15.0 Å². The van der Waals surface area contributed by atoms with Gasteiger partial charge in [-0.2, -0.15) is 18.2 Å². The third-order valence-electron chi connectivity index (χ3n) is 3.13. The SMILES string of the molecule is CCC(=O)C(=O)N(CC)Cc1ccc(-c2noc(C(F)(F)F)n2)s1. The Labute approximate surface area is 139 Å². The number of carbonyl (C=O) groups is 2. The first-order valence-corrected chi connectivity index (χ1v) is 7.90. The Bertz CT molecular complexity index is 739. The van der Waals surface area contributed by atoms with Crippen molar-refractivity contribution >= 4 is 23.0 Å². The highest BCUT2D eigenvalue weighted by Crippen LogP contribution is 2.32. The molecule has 0 aromatic carbocycles. The molecule has 24 heavy (non-hydrogen) atoms. The smallest absolute Gasteiger partial charge is 0.331 e. The van der Waals surface area contributed by atoms with Crippen molar-refractivity contribution in [2.75, 3.05) is 6.54 Å². The number of halogens is 3. The van der Waals surface area contributed by atoms with E-state index in [1.165, 1.54) is 4.90 Å². The number of likely N-dealkylation sites (N-methyl/N-ethyl adjacent to an activating group) is 1. The summed E-state index contributed by atoms with van der Waals surface area (Å²) >= 11 is 1.13. The molecule has 0 saturated heterocycles. The zero-order chi connectivity index (χ0) is 17.9. The van der Waals surface area contributed by atoms with Crippen LogP contribution in [0.5, 0.6) is 0 Å². The molecule has 0 unspecified atom stereocenters. The molecule has 0 aliphatic rings. The van der Waals surface area contributed by atoms with Gasteiger partial charge in [0, 0.05) is 17.8 Å². The number of amides is 1. The molecule has 0 aliphatic carbocycles. The van der Waals surface area contributed by atoms with Gasteiger partial charge in [0.1, 0.15) is 0 Å². The van der Waals surface area contributed by atoms with E-state index in [0.29, 0.717) is 16.3 Å². The van der Waals surface area contributed by atoms with Gasteiger partial charge < -0.3 is 9.42 Å². The summed E-state index contributed by atoms with van der Waals surface area (Å²) in [4.78, 5) is 29.2.